The Morgan fingerprint density at radius 2 is 1.51 bits per heavy atom. The van der Waals surface area contributed by atoms with Crippen molar-refractivity contribution >= 4 is 22.5 Å². The molecular weight excluding hydrogens is 544 g/mol. The number of carbonyl (C=O) groups is 1. The van der Waals surface area contributed by atoms with E-state index in [1.807, 2.05) is 69.3 Å². The molecule has 0 radical (unpaired) electrons. The fourth-order valence-corrected chi connectivity index (χ4v) is 4.95. The summed E-state index contributed by atoms with van der Waals surface area (Å²) in [7, 11) is 0. The Morgan fingerprint density at radius 3 is 2.19 bits per heavy atom. The molecule has 0 fully saturated rings. The molecule has 43 heavy (non-hydrogen) atoms. The Bertz CT molecular complexity index is 1770. The standard InChI is InChI=1S/C35H34N2O6/c1-4-36(25-13-10-14-28(17-25)43-23-24-11-8-7-9-12-24)35(40)32-22-37(33-20-27(38)15-16-31(33)34(32)39)26-18-29(41-5-2)21-30(19-26)42-6-3/h7-22,38H,4-6,23H2,1-3H3. The molecular formula is C35H34N2O6. The number of nitrogens with zero attached hydrogens (tertiary/aromatic N) is 2. The predicted octanol–water partition coefficient (Wildman–Crippen LogP) is 6.74. The van der Waals surface area contributed by atoms with Crippen molar-refractivity contribution in [2.75, 3.05) is 24.7 Å². The Hall–Kier alpha value is -5.24. The van der Waals surface area contributed by atoms with Crippen LogP contribution in [-0.4, -0.2) is 35.3 Å². The number of rotatable bonds is 11. The first-order chi connectivity index (χ1) is 20.9. The van der Waals surface area contributed by atoms with Gasteiger partial charge in [0.1, 0.15) is 35.2 Å². The zero-order valence-corrected chi connectivity index (χ0v) is 24.4. The highest BCUT2D eigenvalue weighted by atomic mass is 16.5. The van der Waals surface area contributed by atoms with Crippen LogP contribution in [0, 0.1) is 0 Å². The maximum Gasteiger partial charge on any atom is 0.263 e. The van der Waals surface area contributed by atoms with E-state index in [2.05, 4.69) is 0 Å². The van der Waals surface area contributed by atoms with Crippen molar-refractivity contribution in [3.63, 3.8) is 0 Å². The highest BCUT2D eigenvalue weighted by Crippen LogP contribution is 2.30. The smallest absolute Gasteiger partial charge is 0.263 e. The van der Waals surface area contributed by atoms with Crippen LogP contribution in [0.15, 0.2) is 102 Å². The van der Waals surface area contributed by atoms with Crippen LogP contribution < -0.4 is 24.5 Å². The molecule has 0 unspecified atom stereocenters. The van der Waals surface area contributed by atoms with Gasteiger partial charge in [0.2, 0.25) is 5.43 Å². The van der Waals surface area contributed by atoms with Crippen molar-refractivity contribution < 1.29 is 24.1 Å². The van der Waals surface area contributed by atoms with Crippen LogP contribution in [0.3, 0.4) is 0 Å². The van der Waals surface area contributed by atoms with Crippen molar-refractivity contribution in [1.29, 1.82) is 0 Å². The number of benzene rings is 4. The molecule has 1 heterocycles. The quantitative estimate of drug-likeness (QED) is 0.187. The monoisotopic (exact) mass is 578 g/mol. The number of aromatic nitrogens is 1. The molecule has 4 aromatic carbocycles. The van der Waals surface area contributed by atoms with Gasteiger partial charge in [-0.25, -0.2) is 0 Å². The van der Waals surface area contributed by atoms with Gasteiger partial charge >= 0.3 is 0 Å². The Balaban J connectivity index is 1.58. The summed E-state index contributed by atoms with van der Waals surface area (Å²) in [5.41, 5.74) is 2.23. The summed E-state index contributed by atoms with van der Waals surface area (Å²) in [6.45, 7) is 7.23. The summed E-state index contributed by atoms with van der Waals surface area (Å²) in [6, 6.07) is 27.0. The Morgan fingerprint density at radius 1 is 0.791 bits per heavy atom. The molecule has 5 aromatic rings. The molecule has 1 N–H and O–H groups in total. The first-order valence-electron chi connectivity index (χ1n) is 14.3. The van der Waals surface area contributed by atoms with Crippen LogP contribution in [-0.2, 0) is 6.61 Å². The minimum atomic E-state index is -0.456. The number of hydrogen-bond donors (Lipinski definition) is 1. The number of fused-ring (bicyclic) bond motifs is 1. The van der Waals surface area contributed by atoms with Gasteiger partial charge in [0.05, 0.1) is 24.4 Å². The van der Waals surface area contributed by atoms with Gasteiger partial charge in [0.15, 0.2) is 0 Å². The third-order valence-electron chi connectivity index (χ3n) is 6.92. The fraction of sp³-hybridized carbons (Fsp3) is 0.200. The SMILES string of the molecule is CCOc1cc(OCC)cc(-n2cc(C(=O)N(CC)c3cccc(OCc4ccccc4)c3)c(=O)c3ccc(O)cc32)c1. The van der Waals surface area contributed by atoms with Crippen molar-refractivity contribution in [1.82, 2.24) is 4.57 Å². The number of pyridine rings is 1. The number of phenolic OH excluding ortho intramolecular Hbond substituents is 1. The average Bonchev–Trinajstić information content (AvgIpc) is 3.01. The second-order valence-electron chi connectivity index (χ2n) is 9.79. The largest absolute Gasteiger partial charge is 0.508 e. The summed E-state index contributed by atoms with van der Waals surface area (Å²) in [5, 5.41) is 10.6. The lowest BCUT2D eigenvalue weighted by Gasteiger charge is -2.23. The third-order valence-corrected chi connectivity index (χ3v) is 6.92. The number of amides is 1. The molecule has 0 saturated carbocycles. The van der Waals surface area contributed by atoms with Crippen molar-refractivity contribution in [2.24, 2.45) is 0 Å². The summed E-state index contributed by atoms with van der Waals surface area (Å²) >= 11 is 0. The molecule has 1 aromatic heterocycles. The van der Waals surface area contributed by atoms with Crippen LogP contribution in [0.25, 0.3) is 16.6 Å². The number of phenols is 1. The Labute approximate surface area is 250 Å². The van der Waals surface area contributed by atoms with E-state index in [9.17, 15) is 14.7 Å². The van der Waals surface area contributed by atoms with E-state index in [4.69, 9.17) is 14.2 Å². The van der Waals surface area contributed by atoms with Crippen LogP contribution in [0.5, 0.6) is 23.0 Å². The van der Waals surface area contributed by atoms with E-state index < -0.39 is 11.3 Å². The number of aromatic hydroxyl groups is 1. The molecule has 0 aliphatic carbocycles. The van der Waals surface area contributed by atoms with E-state index in [1.165, 1.54) is 24.4 Å². The zero-order valence-electron chi connectivity index (χ0n) is 24.4. The first kappa shape index (κ1) is 29.3. The van der Waals surface area contributed by atoms with E-state index in [1.54, 1.807) is 33.7 Å². The molecule has 5 rings (SSSR count). The van der Waals surface area contributed by atoms with Gasteiger partial charge in [-0.1, -0.05) is 36.4 Å². The van der Waals surface area contributed by atoms with E-state index in [-0.39, 0.29) is 11.3 Å². The molecule has 8 heteroatoms. The van der Waals surface area contributed by atoms with Gasteiger partial charge in [0, 0.05) is 54.1 Å². The maximum absolute atomic E-state index is 14.1. The van der Waals surface area contributed by atoms with Gasteiger partial charge in [0.25, 0.3) is 5.91 Å². The highest BCUT2D eigenvalue weighted by molar-refractivity contribution is 6.07. The van der Waals surface area contributed by atoms with Crippen LogP contribution in [0.4, 0.5) is 5.69 Å². The number of anilines is 1. The van der Waals surface area contributed by atoms with E-state index in [0.717, 1.165) is 5.56 Å². The minimum absolute atomic E-state index is 0.00627. The predicted molar refractivity (Wildman–Crippen MR) is 168 cm³/mol. The normalized spacial score (nSPS) is 10.9. The lowest BCUT2D eigenvalue weighted by Crippen LogP contribution is -2.34. The lowest BCUT2D eigenvalue weighted by atomic mass is 10.1. The molecule has 8 nitrogen and oxygen atoms in total. The highest BCUT2D eigenvalue weighted by Gasteiger charge is 2.23. The molecule has 0 aliphatic rings. The van der Waals surface area contributed by atoms with Crippen LogP contribution in [0.2, 0.25) is 0 Å². The molecule has 1 amide bonds. The van der Waals surface area contributed by atoms with Gasteiger partial charge in [-0.3, -0.25) is 9.59 Å². The first-order valence-corrected chi connectivity index (χ1v) is 14.3. The van der Waals surface area contributed by atoms with Gasteiger partial charge in [-0.2, -0.15) is 0 Å². The topological polar surface area (TPSA) is 90.2 Å². The second-order valence-corrected chi connectivity index (χ2v) is 9.79. The Kier molecular flexibility index (Phi) is 8.96. The molecule has 220 valence electrons. The molecule has 0 aliphatic heterocycles. The summed E-state index contributed by atoms with van der Waals surface area (Å²) < 4.78 is 19.3. The van der Waals surface area contributed by atoms with Crippen LogP contribution in [0.1, 0.15) is 36.7 Å². The van der Waals surface area contributed by atoms with Crippen molar-refractivity contribution in [2.45, 2.75) is 27.4 Å². The van der Waals surface area contributed by atoms with Gasteiger partial charge in [-0.15, -0.1) is 0 Å². The second kappa shape index (κ2) is 13.2. The lowest BCUT2D eigenvalue weighted by molar-refractivity contribution is 0.0987. The number of hydrogen-bond acceptors (Lipinski definition) is 6. The van der Waals surface area contributed by atoms with Crippen molar-refractivity contribution in [3.05, 3.63) is 119 Å². The number of carbonyl (C=O) groups excluding carboxylic acids is 1. The minimum Gasteiger partial charge on any atom is -0.508 e. The van der Waals surface area contributed by atoms with Crippen LogP contribution >= 0.6 is 0 Å². The molecule has 0 atom stereocenters. The fourth-order valence-electron chi connectivity index (χ4n) is 4.95. The van der Waals surface area contributed by atoms with E-state index >= 15 is 0 Å². The average molecular weight is 579 g/mol. The summed E-state index contributed by atoms with van der Waals surface area (Å²) in [4.78, 5) is 29.4. The summed E-state index contributed by atoms with van der Waals surface area (Å²) in [5.74, 6) is 1.29. The molecule has 0 saturated heterocycles. The van der Waals surface area contributed by atoms with E-state index in [0.29, 0.717) is 65.9 Å². The zero-order chi connectivity index (χ0) is 30.3. The van der Waals surface area contributed by atoms with Crippen molar-refractivity contribution in [3.8, 4) is 28.7 Å². The number of ether oxygens (including phenoxy) is 3. The summed E-state index contributed by atoms with van der Waals surface area (Å²) in [6.07, 6.45) is 1.52. The molecule has 0 bridgehead atoms. The molecule has 0 spiro atoms. The maximum atomic E-state index is 14.1. The van der Waals surface area contributed by atoms with Gasteiger partial charge < -0.3 is 28.8 Å². The van der Waals surface area contributed by atoms with Gasteiger partial charge in [-0.05, 0) is 50.6 Å². The third kappa shape index (κ3) is 6.48.